The number of halogens is 1. The first-order valence-electron chi connectivity index (χ1n) is 6.10. The molecule has 0 atom stereocenters. The van der Waals surface area contributed by atoms with Crippen LogP contribution in [-0.4, -0.2) is 23.5 Å². The standard InChI is InChI=1S/C12H17ClN4O/c13-10-6-5-9(14)12(17-10)15-7-1-2-11(18)16-8-3-4-8/h5-6,8H,1-4,7,14H2,(H,15,17)(H,16,18). The Balaban J connectivity index is 1.67. The van der Waals surface area contributed by atoms with Crippen LogP contribution in [-0.2, 0) is 4.79 Å². The lowest BCUT2D eigenvalue weighted by atomic mass is 10.3. The smallest absolute Gasteiger partial charge is 0.220 e. The van der Waals surface area contributed by atoms with Crippen LogP contribution >= 0.6 is 11.6 Å². The van der Waals surface area contributed by atoms with Gasteiger partial charge in [0, 0.05) is 19.0 Å². The molecule has 1 saturated carbocycles. The Morgan fingerprint density at radius 3 is 3.00 bits per heavy atom. The topological polar surface area (TPSA) is 80.0 Å². The number of carbonyl (C=O) groups excluding carboxylic acids is 1. The van der Waals surface area contributed by atoms with E-state index in [2.05, 4.69) is 15.6 Å². The van der Waals surface area contributed by atoms with Crippen molar-refractivity contribution in [2.24, 2.45) is 0 Å². The second kappa shape index (κ2) is 5.91. The molecule has 1 amide bonds. The summed E-state index contributed by atoms with van der Waals surface area (Å²) in [6.45, 7) is 0.648. The number of rotatable bonds is 6. The first-order chi connectivity index (χ1) is 8.65. The van der Waals surface area contributed by atoms with Gasteiger partial charge in [-0.25, -0.2) is 4.98 Å². The van der Waals surface area contributed by atoms with Crippen molar-refractivity contribution in [3.8, 4) is 0 Å². The van der Waals surface area contributed by atoms with E-state index in [0.29, 0.717) is 35.7 Å². The molecule has 1 aliphatic carbocycles. The van der Waals surface area contributed by atoms with E-state index in [1.54, 1.807) is 12.1 Å². The number of carbonyl (C=O) groups is 1. The largest absolute Gasteiger partial charge is 0.396 e. The number of anilines is 2. The van der Waals surface area contributed by atoms with Crippen molar-refractivity contribution in [2.75, 3.05) is 17.6 Å². The average molecular weight is 269 g/mol. The Hall–Kier alpha value is -1.49. The van der Waals surface area contributed by atoms with Crippen LogP contribution in [0.5, 0.6) is 0 Å². The molecule has 1 aliphatic rings. The van der Waals surface area contributed by atoms with Gasteiger partial charge < -0.3 is 16.4 Å². The predicted molar refractivity (Wildman–Crippen MR) is 72.5 cm³/mol. The number of nitrogens with two attached hydrogens (primary N) is 1. The highest BCUT2D eigenvalue weighted by atomic mass is 35.5. The highest BCUT2D eigenvalue weighted by molar-refractivity contribution is 6.29. The number of pyridine rings is 1. The molecule has 1 heterocycles. The van der Waals surface area contributed by atoms with E-state index in [9.17, 15) is 4.79 Å². The van der Waals surface area contributed by atoms with Crippen LogP contribution < -0.4 is 16.4 Å². The lowest BCUT2D eigenvalue weighted by Gasteiger charge is -2.08. The summed E-state index contributed by atoms with van der Waals surface area (Å²) < 4.78 is 0. The number of nitrogen functional groups attached to an aromatic ring is 1. The minimum Gasteiger partial charge on any atom is -0.396 e. The van der Waals surface area contributed by atoms with Gasteiger partial charge in [0.2, 0.25) is 5.91 Å². The van der Waals surface area contributed by atoms with Crippen molar-refractivity contribution in [1.29, 1.82) is 0 Å². The van der Waals surface area contributed by atoms with Gasteiger partial charge >= 0.3 is 0 Å². The molecule has 0 unspecified atom stereocenters. The second-order valence-corrected chi connectivity index (χ2v) is 4.83. The van der Waals surface area contributed by atoms with Crippen LogP contribution in [0.4, 0.5) is 11.5 Å². The van der Waals surface area contributed by atoms with Gasteiger partial charge in [-0.1, -0.05) is 11.6 Å². The van der Waals surface area contributed by atoms with Crippen molar-refractivity contribution in [3.05, 3.63) is 17.3 Å². The monoisotopic (exact) mass is 268 g/mol. The fraction of sp³-hybridized carbons (Fsp3) is 0.500. The first kappa shape index (κ1) is 13.0. The minimum atomic E-state index is 0.117. The molecule has 0 aliphatic heterocycles. The van der Waals surface area contributed by atoms with E-state index in [1.165, 1.54) is 0 Å². The van der Waals surface area contributed by atoms with Gasteiger partial charge in [0.1, 0.15) is 5.15 Å². The zero-order chi connectivity index (χ0) is 13.0. The lowest BCUT2D eigenvalue weighted by molar-refractivity contribution is -0.121. The lowest BCUT2D eigenvalue weighted by Crippen LogP contribution is -2.25. The van der Waals surface area contributed by atoms with Crippen molar-refractivity contribution in [2.45, 2.75) is 31.7 Å². The molecule has 1 fully saturated rings. The van der Waals surface area contributed by atoms with E-state index in [0.717, 1.165) is 19.3 Å². The molecule has 2 rings (SSSR count). The van der Waals surface area contributed by atoms with Gasteiger partial charge in [0.25, 0.3) is 0 Å². The summed E-state index contributed by atoms with van der Waals surface area (Å²) in [6.07, 6.45) is 3.50. The van der Waals surface area contributed by atoms with E-state index in [4.69, 9.17) is 17.3 Å². The van der Waals surface area contributed by atoms with Gasteiger partial charge in [-0.05, 0) is 31.4 Å². The third-order valence-electron chi connectivity index (χ3n) is 2.71. The quantitative estimate of drug-likeness (QED) is 0.543. The molecule has 0 spiro atoms. The molecule has 0 saturated heterocycles. The van der Waals surface area contributed by atoms with Crippen molar-refractivity contribution < 1.29 is 4.79 Å². The fourth-order valence-corrected chi connectivity index (χ4v) is 1.72. The average Bonchev–Trinajstić information content (AvgIpc) is 3.13. The van der Waals surface area contributed by atoms with Gasteiger partial charge in [-0.15, -0.1) is 0 Å². The number of amides is 1. The van der Waals surface area contributed by atoms with Crippen molar-refractivity contribution in [3.63, 3.8) is 0 Å². The molecule has 0 bridgehead atoms. The van der Waals surface area contributed by atoms with Gasteiger partial charge in [0.05, 0.1) is 5.69 Å². The SMILES string of the molecule is Nc1ccc(Cl)nc1NCCCC(=O)NC1CC1. The molecule has 5 nitrogen and oxygen atoms in total. The van der Waals surface area contributed by atoms with Crippen LogP contribution in [0.3, 0.4) is 0 Å². The molecule has 0 aromatic carbocycles. The van der Waals surface area contributed by atoms with Crippen LogP contribution in [0, 0.1) is 0 Å². The van der Waals surface area contributed by atoms with Crippen LogP contribution in [0.15, 0.2) is 12.1 Å². The molecule has 0 radical (unpaired) electrons. The summed E-state index contributed by atoms with van der Waals surface area (Å²) in [7, 11) is 0. The Morgan fingerprint density at radius 2 is 2.28 bits per heavy atom. The first-order valence-corrected chi connectivity index (χ1v) is 6.48. The molecule has 6 heteroatoms. The molecule has 18 heavy (non-hydrogen) atoms. The zero-order valence-corrected chi connectivity index (χ0v) is 10.8. The normalized spacial score (nSPS) is 14.3. The van der Waals surface area contributed by atoms with Crippen LogP contribution in [0.1, 0.15) is 25.7 Å². The minimum absolute atomic E-state index is 0.117. The molecular weight excluding hydrogens is 252 g/mol. The molecule has 4 N–H and O–H groups in total. The molecule has 98 valence electrons. The number of nitrogens with zero attached hydrogens (tertiary/aromatic N) is 1. The maximum Gasteiger partial charge on any atom is 0.220 e. The number of hydrogen-bond acceptors (Lipinski definition) is 4. The number of aromatic nitrogens is 1. The number of hydrogen-bond donors (Lipinski definition) is 3. The maximum atomic E-state index is 11.4. The van der Waals surface area contributed by atoms with Gasteiger partial charge in [-0.3, -0.25) is 4.79 Å². The van der Waals surface area contributed by atoms with E-state index >= 15 is 0 Å². The highest BCUT2D eigenvalue weighted by Crippen LogP contribution is 2.19. The summed E-state index contributed by atoms with van der Waals surface area (Å²) in [4.78, 5) is 15.5. The Bertz CT molecular complexity index is 434. The third kappa shape index (κ3) is 4.07. The van der Waals surface area contributed by atoms with E-state index in [1.807, 2.05) is 0 Å². The highest BCUT2D eigenvalue weighted by Gasteiger charge is 2.22. The molecule has 1 aromatic rings. The summed E-state index contributed by atoms with van der Waals surface area (Å²) in [5, 5.41) is 6.42. The van der Waals surface area contributed by atoms with Crippen molar-refractivity contribution >= 4 is 29.0 Å². The van der Waals surface area contributed by atoms with Gasteiger partial charge in [-0.2, -0.15) is 0 Å². The molecule has 1 aromatic heterocycles. The second-order valence-electron chi connectivity index (χ2n) is 4.44. The Morgan fingerprint density at radius 1 is 1.50 bits per heavy atom. The van der Waals surface area contributed by atoms with Crippen LogP contribution in [0.2, 0.25) is 5.15 Å². The predicted octanol–water partition coefficient (Wildman–Crippen LogP) is 1.79. The summed E-state index contributed by atoms with van der Waals surface area (Å²) >= 11 is 5.77. The van der Waals surface area contributed by atoms with E-state index in [-0.39, 0.29) is 5.91 Å². The number of nitrogens with one attached hydrogen (secondary N) is 2. The maximum absolute atomic E-state index is 11.4. The van der Waals surface area contributed by atoms with Gasteiger partial charge in [0.15, 0.2) is 5.82 Å². The summed E-state index contributed by atoms with van der Waals surface area (Å²) in [5.74, 6) is 0.691. The van der Waals surface area contributed by atoms with E-state index < -0.39 is 0 Å². The summed E-state index contributed by atoms with van der Waals surface area (Å²) in [5.41, 5.74) is 6.30. The zero-order valence-electron chi connectivity index (χ0n) is 10.1. The molecular formula is C12H17ClN4O. The fourth-order valence-electron chi connectivity index (χ4n) is 1.57. The Kier molecular flexibility index (Phi) is 4.25. The summed E-state index contributed by atoms with van der Waals surface area (Å²) in [6, 6.07) is 3.78. The van der Waals surface area contributed by atoms with Crippen LogP contribution in [0.25, 0.3) is 0 Å². The van der Waals surface area contributed by atoms with Crippen molar-refractivity contribution in [1.82, 2.24) is 10.3 Å². The Labute approximate surface area is 111 Å². The third-order valence-corrected chi connectivity index (χ3v) is 2.92.